The van der Waals surface area contributed by atoms with Gasteiger partial charge in [-0.15, -0.1) is 0 Å². The molecule has 4 aromatic rings. The van der Waals surface area contributed by atoms with Gasteiger partial charge in [0.25, 0.3) is 0 Å². The summed E-state index contributed by atoms with van der Waals surface area (Å²) in [5.74, 6) is -0.199. The number of rotatable bonds is 9. The lowest BCUT2D eigenvalue weighted by molar-refractivity contribution is -0.111. The van der Waals surface area contributed by atoms with Crippen LogP contribution >= 0.6 is 0 Å². The van der Waals surface area contributed by atoms with Crippen molar-refractivity contribution in [3.05, 3.63) is 109 Å². The van der Waals surface area contributed by atoms with E-state index in [1.807, 2.05) is 49.4 Å². The number of anilines is 3. The van der Waals surface area contributed by atoms with Crippen LogP contribution in [0.15, 0.2) is 103 Å². The molecule has 0 spiro atoms. The van der Waals surface area contributed by atoms with E-state index in [9.17, 15) is 14.7 Å². The number of hydrogen-bond donors (Lipinski definition) is 4. The van der Waals surface area contributed by atoms with Crippen LogP contribution in [0, 0.1) is 5.92 Å². The Hall–Kier alpha value is -4.78. The summed E-state index contributed by atoms with van der Waals surface area (Å²) in [5, 5.41) is 17.4. The van der Waals surface area contributed by atoms with Gasteiger partial charge in [0.1, 0.15) is 11.9 Å². The average Bonchev–Trinajstić information content (AvgIpc) is 2.92. The maximum absolute atomic E-state index is 12.9. The van der Waals surface area contributed by atoms with E-state index >= 15 is 0 Å². The first kappa shape index (κ1) is 26.3. The highest BCUT2D eigenvalue weighted by Gasteiger charge is 2.26. The van der Waals surface area contributed by atoms with Crippen LogP contribution in [0.5, 0.6) is 5.75 Å². The van der Waals surface area contributed by atoms with Gasteiger partial charge in [-0.1, -0.05) is 73.7 Å². The average molecular weight is 510 g/mol. The zero-order valence-corrected chi connectivity index (χ0v) is 21.1. The molecular weight excluding hydrogens is 478 g/mol. The molecule has 194 valence electrons. The van der Waals surface area contributed by atoms with Crippen LogP contribution in [0.4, 0.5) is 21.9 Å². The Labute approximate surface area is 221 Å². The van der Waals surface area contributed by atoms with Crippen LogP contribution in [0.1, 0.15) is 31.4 Å². The highest BCUT2D eigenvalue weighted by molar-refractivity contribution is 6.01. The van der Waals surface area contributed by atoms with Crippen LogP contribution in [0.3, 0.4) is 0 Å². The molecular formula is C31H31N3O4. The van der Waals surface area contributed by atoms with Gasteiger partial charge in [-0.25, -0.2) is 4.79 Å². The maximum Gasteiger partial charge on any atom is 0.412 e. The standard InChI is InChI=1S/C31H31N3O4/c1-21(11-5-10-18-29(36)34-27-17-9-8-16-26(27)32)30(38-31(37)33-22-12-3-2-4-13-22)25-19-20-28(35)24-15-7-6-14-23(24)25/h2-4,6-10,12-21,30,35H,5,11,32H2,1H3,(H,33,37)(H,34,36)/b18-10+/t21-,30+/m0/s1. The normalized spacial score (nSPS) is 12.7. The summed E-state index contributed by atoms with van der Waals surface area (Å²) in [6, 6.07) is 27.1. The monoisotopic (exact) mass is 509 g/mol. The summed E-state index contributed by atoms with van der Waals surface area (Å²) >= 11 is 0. The summed E-state index contributed by atoms with van der Waals surface area (Å²) in [5.41, 5.74) is 8.38. The first-order valence-electron chi connectivity index (χ1n) is 12.5. The Morgan fingerprint density at radius 1 is 0.895 bits per heavy atom. The summed E-state index contributed by atoms with van der Waals surface area (Å²) in [6.07, 6.45) is 3.36. The molecule has 4 aromatic carbocycles. The molecule has 2 amide bonds. The fourth-order valence-corrected chi connectivity index (χ4v) is 4.31. The molecule has 4 rings (SSSR count). The van der Waals surface area contributed by atoms with Gasteiger partial charge in [-0.2, -0.15) is 0 Å². The molecule has 0 saturated heterocycles. The first-order valence-corrected chi connectivity index (χ1v) is 12.5. The first-order chi connectivity index (χ1) is 18.4. The summed E-state index contributed by atoms with van der Waals surface area (Å²) < 4.78 is 5.97. The van der Waals surface area contributed by atoms with Crippen LogP contribution in [-0.4, -0.2) is 17.1 Å². The van der Waals surface area contributed by atoms with Gasteiger partial charge in [0.2, 0.25) is 5.91 Å². The minimum Gasteiger partial charge on any atom is -0.507 e. The number of nitrogens with one attached hydrogen (secondary N) is 2. The van der Waals surface area contributed by atoms with E-state index in [-0.39, 0.29) is 17.6 Å². The third-order valence-corrected chi connectivity index (χ3v) is 6.29. The molecule has 2 atom stereocenters. The number of fused-ring (bicyclic) bond motifs is 1. The van der Waals surface area contributed by atoms with Crippen molar-refractivity contribution in [1.29, 1.82) is 0 Å². The molecule has 7 nitrogen and oxygen atoms in total. The second-order valence-electron chi connectivity index (χ2n) is 9.07. The number of aromatic hydroxyl groups is 1. The lowest BCUT2D eigenvalue weighted by atomic mass is 9.89. The number of amides is 2. The second-order valence-corrected chi connectivity index (χ2v) is 9.07. The molecule has 0 radical (unpaired) electrons. The van der Waals surface area contributed by atoms with Crippen molar-refractivity contribution in [2.24, 2.45) is 5.92 Å². The summed E-state index contributed by atoms with van der Waals surface area (Å²) in [7, 11) is 0. The number of para-hydroxylation sites is 3. The summed E-state index contributed by atoms with van der Waals surface area (Å²) in [4.78, 5) is 25.2. The van der Waals surface area contributed by atoms with Crippen molar-refractivity contribution < 1.29 is 19.4 Å². The molecule has 0 bridgehead atoms. The van der Waals surface area contributed by atoms with E-state index in [0.29, 0.717) is 35.3 Å². The van der Waals surface area contributed by atoms with Crippen molar-refractivity contribution in [3.8, 4) is 5.75 Å². The predicted octanol–water partition coefficient (Wildman–Crippen LogP) is 7.03. The van der Waals surface area contributed by atoms with Crippen molar-refractivity contribution >= 4 is 39.8 Å². The molecule has 7 heteroatoms. The van der Waals surface area contributed by atoms with Crippen LogP contribution in [-0.2, 0) is 9.53 Å². The molecule has 0 heterocycles. The number of benzene rings is 4. The number of carbonyl (C=O) groups is 2. The Morgan fingerprint density at radius 2 is 1.58 bits per heavy atom. The molecule has 0 aliphatic carbocycles. The van der Waals surface area contributed by atoms with Gasteiger partial charge < -0.3 is 20.9 Å². The van der Waals surface area contributed by atoms with Crippen molar-refractivity contribution in [1.82, 2.24) is 0 Å². The number of hydrogen-bond acceptors (Lipinski definition) is 5. The number of ether oxygens (including phenoxy) is 1. The third kappa shape index (κ3) is 6.70. The molecule has 5 N–H and O–H groups in total. The van der Waals surface area contributed by atoms with Crippen LogP contribution in [0.25, 0.3) is 10.8 Å². The van der Waals surface area contributed by atoms with E-state index in [1.54, 1.807) is 54.6 Å². The molecule has 0 aliphatic heterocycles. The molecule has 0 saturated carbocycles. The molecule has 0 aromatic heterocycles. The number of phenolic OH excluding ortho intramolecular Hbond substituents is 1. The summed E-state index contributed by atoms with van der Waals surface area (Å²) in [6.45, 7) is 2.00. The van der Waals surface area contributed by atoms with E-state index in [1.165, 1.54) is 6.08 Å². The van der Waals surface area contributed by atoms with Crippen LogP contribution < -0.4 is 16.4 Å². The zero-order chi connectivity index (χ0) is 26.9. The quantitative estimate of drug-likeness (QED) is 0.143. The Kier molecular flexibility index (Phi) is 8.61. The molecule has 0 unspecified atom stereocenters. The van der Waals surface area contributed by atoms with Gasteiger partial charge in [0.05, 0.1) is 11.4 Å². The highest BCUT2D eigenvalue weighted by atomic mass is 16.6. The van der Waals surface area contributed by atoms with Gasteiger partial charge >= 0.3 is 6.09 Å². The third-order valence-electron chi connectivity index (χ3n) is 6.29. The second kappa shape index (κ2) is 12.5. The van der Waals surface area contributed by atoms with Crippen molar-refractivity contribution in [2.45, 2.75) is 25.9 Å². The van der Waals surface area contributed by atoms with Crippen molar-refractivity contribution in [3.63, 3.8) is 0 Å². The molecule has 0 aliphatic rings. The number of nitrogen functional groups attached to an aromatic ring is 1. The van der Waals surface area contributed by atoms with Gasteiger partial charge in [0.15, 0.2) is 0 Å². The fourth-order valence-electron chi connectivity index (χ4n) is 4.31. The lowest BCUT2D eigenvalue weighted by Crippen LogP contribution is -2.22. The van der Waals surface area contributed by atoms with Crippen LogP contribution in [0.2, 0.25) is 0 Å². The van der Waals surface area contributed by atoms with Gasteiger partial charge in [-0.3, -0.25) is 10.1 Å². The van der Waals surface area contributed by atoms with Gasteiger partial charge in [-0.05, 0) is 60.6 Å². The Morgan fingerprint density at radius 3 is 2.34 bits per heavy atom. The van der Waals surface area contributed by atoms with E-state index in [0.717, 1.165) is 10.9 Å². The van der Waals surface area contributed by atoms with Gasteiger partial charge in [0, 0.05) is 16.6 Å². The topological polar surface area (TPSA) is 114 Å². The Bertz CT molecular complexity index is 1440. The largest absolute Gasteiger partial charge is 0.507 e. The smallest absolute Gasteiger partial charge is 0.412 e. The zero-order valence-electron chi connectivity index (χ0n) is 21.1. The maximum atomic E-state index is 12.9. The Balaban J connectivity index is 1.48. The molecule has 38 heavy (non-hydrogen) atoms. The van der Waals surface area contributed by atoms with E-state index in [4.69, 9.17) is 10.5 Å². The number of nitrogens with two attached hydrogens (primary N) is 1. The number of phenols is 1. The minimum atomic E-state index is -0.587. The van der Waals surface area contributed by atoms with E-state index < -0.39 is 12.2 Å². The fraction of sp³-hybridized carbons (Fsp3) is 0.161. The predicted molar refractivity (Wildman–Crippen MR) is 152 cm³/mol. The van der Waals surface area contributed by atoms with Crippen molar-refractivity contribution in [2.75, 3.05) is 16.4 Å². The lowest BCUT2D eigenvalue weighted by Gasteiger charge is -2.26. The van der Waals surface area contributed by atoms with E-state index in [2.05, 4.69) is 10.6 Å². The molecule has 0 fully saturated rings. The highest BCUT2D eigenvalue weighted by Crippen LogP contribution is 2.37. The minimum absolute atomic E-state index is 0.0954. The SMILES string of the molecule is C[C@@H](CC/C=C/C(=O)Nc1ccccc1N)[C@@H](OC(=O)Nc1ccccc1)c1ccc(O)c2ccccc12. The number of allylic oxidation sites excluding steroid dienone is 1. The number of carbonyl (C=O) groups excluding carboxylic acids is 2.